The maximum absolute atomic E-state index is 6.49. The molecule has 0 N–H and O–H groups in total. The minimum absolute atomic E-state index is 0. The molecule has 0 heterocycles. The van der Waals surface area contributed by atoms with Crippen molar-refractivity contribution < 1.29 is 100 Å². The van der Waals surface area contributed by atoms with Crippen molar-refractivity contribution in [2.24, 2.45) is 0 Å². The number of hydrogen-bond acceptors (Lipinski definition) is 9. The molecule has 0 saturated carbocycles. The van der Waals surface area contributed by atoms with Gasteiger partial charge in [0.05, 0.1) is 0 Å². The third-order valence-corrected chi connectivity index (χ3v) is 18.2. The van der Waals surface area contributed by atoms with Gasteiger partial charge in [-0.05, 0) is 0 Å². The summed E-state index contributed by atoms with van der Waals surface area (Å²) in [6.07, 6.45) is 0. The van der Waals surface area contributed by atoms with Crippen LogP contribution in [0.5, 0.6) is 51.7 Å². The average Bonchev–Trinajstić information content (AvgIpc) is 3.26. The van der Waals surface area contributed by atoms with E-state index < -0.39 is 13.1 Å². The predicted octanol–water partition coefficient (Wildman–Crippen LogP) is -2.90. The summed E-state index contributed by atoms with van der Waals surface area (Å²) in [7, 11) is 10.9. The molecule has 3 aromatic rings. The van der Waals surface area contributed by atoms with E-state index >= 15 is 0 Å². The molecule has 1 aliphatic rings. The molecular formula is C39H51Cl3O9SiTi. The molecule has 4 rings (SSSR count). The molecule has 0 aliphatic heterocycles. The molecular weight excluding hydrogens is 795 g/mol. The maximum atomic E-state index is 6.49. The molecule has 0 fully saturated rings. The van der Waals surface area contributed by atoms with Gasteiger partial charge in [0.25, 0.3) is 0 Å². The minimum atomic E-state index is -4.04. The first kappa shape index (κ1) is 48.2. The summed E-state index contributed by atoms with van der Waals surface area (Å²) in [5.74, 6) is 5.09. The normalized spacial score (nSPS) is 15.1. The summed E-state index contributed by atoms with van der Waals surface area (Å²) in [5.41, 5.74) is 6.07. The fourth-order valence-corrected chi connectivity index (χ4v) is 16.4. The van der Waals surface area contributed by atoms with Crippen LogP contribution in [-0.2, 0) is 20.4 Å². The van der Waals surface area contributed by atoms with Gasteiger partial charge >= 0.3 is 311 Å². The molecule has 290 valence electrons. The van der Waals surface area contributed by atoms with Gasteiger partial charge in [0, 0.05) is 0 Å². The number of aryl methyl sites for hydroxylation is 3. The fraction of sp³-hybridized carbons (Fsp3) is 0.436. The Hall–Kier alpha value is -2.86. The van der Waals surface area contributed by atoms with Crippen LogP contribution in [0.4, 0.5) is 0 Å². The molecule has 1 aliphatic carbocycles. The Kier molecular flexibility index (Phi) is 16.9. The van der Waals surface area contributed by atoms with E-state index in [0.717, 1.165) is 41.7 Å². The molecule has 14 heteroatoms. The van der Waals surface area contributed by atoms with Crippen LogP contribution in [0.3, 0.4) is 0 Å². The standard InChI is InChI=1S/C39H51O9Si.3ClH.Ti/c1-21-17-27(40-8)36(33(46-14)30(21)43-11)49(39(7)20-24(4)25(5)26(39)6,37-28(41-9)18-22(2)31(44-12)34(37)47-15)38-29(42-10)19-23(3)32(45-13)35(38)48-16;;;;/h17-19H,1-16H3;3*1H;/q;;;;+3/p-3. The summed E-state index contributed by atoms with van der Waals surface area (Å²) in [6.45, 7) is 14.8. The average molecular weight is 846 g/mol. The summed E-state index contributed by atoms with van der Waals surface area (Å²) in [5, 5.41) is 1.56. The first-order valence-corrected chi connectivity index (χ1v) is 19.0. The molecule has 1 unspecified atom stereocenters. The number of benzene rings is 3. The number of allylic oxidation sites excluding steroid dienone is 4. The van der Waals surface area contributed by atoms with Gasteiger partial charge in [-0.2, -0.15) is 0 Å². The Morgan fingerprint density at radius 1 is 0.434 bits per heavy atom. The van der Waals surface area contributed by atoms with Gasteiger partial charge in [0.1, 0.15) is 0 Å². The largest absolute Gasteiger partial charge is 1.00 e. The quantitative estimate of drug-likeness (QED) is 0.133. The number of halogens is 3. The van der Waals surface area contributed by atoms with Crippen LogP contribution in [0.1, 0.15) is 44.4 Å². The SMILES string of the molecule is COc1cc(C)c(OC)c(OC)c1[Si](c1c(OC)cc(C)c(OC)c1OC)(c1c(OC)cc(C)c(OC)c1OC)C1(C)C(C)=C(C)C(C)=[C]1[Ti+3].[Cl-].[Cl-].[Cl-]. The Morgan fingerprint density at radius 2 is 0.698 bits per heavy atom. The summed E-state index contributed by atoms with van der Waals surface area (Å²) < 4.78 is 58.5. The Balaban J connectivity index is 0.00000468. The van der Waals surface area contributed by atoms with Crippen molar-refractivity contribution >= 4 is 23.6 Å². The predicted molar refractivity (Wildman–Crippen MR) is 197 cm³/mol. The number of methoxy groups -OCH3 is 9. The monoisotopic (exact) mass is 844 g/mol. The fourth-order valence-electron chi connectivity index (χ4n) is 8.11. The van der Waals surface area contributed by atoms with Crippen molar-refractivity contribution in [3.8, 4) is 51.7 Å². The smallest absolute Gasteiger partial charge is 1.00 e. The second-order valence-corrected chi connectivity index (χ2v) is 17.4. The van der Waals surface area contributed by atoms with Gasteiger partial charge in [-0.1, -0.05) is 0 Å². The number of ether oxygens (including phenoxy) is 9. The third kappa shape index (κ3) is 6.86. The Labute approximate surface area is 346 Å². The van der Waals surface area contributed by atoms with Crippen molar-refractivity contribution in [2.45, 2.75) is 53.5 Å². The molecule has 0 aromatic heterocycles. The zero-order valence-corrected chi connectivity index (χ0v) is 38.4. The van der Waals surface area contributed by atoms with E-state index in [9.17, 15) is 0 Å². The van der Waals surface area contributed by atoms with E-state index in [4.69, 9.17) is 42.6 Å². The second kappa shape index (κ2) is 18.7. The minimum Gasteiger partial charge on any atom is -1.00 e. The van der Waals surface area contributed by atoms with Crippen LogP contribution in [0.15, 0.2) is 38.8 Å². The summed E-state index contributed by atoms with van der Waals surface area (Å²) in [4.78, 5) is 0. The van der Waals surface area contributed by atoms with Crippen LogP contribution in [0.2, 0.25) is 5.04 Å². The van der Waals surface area contributed by atoms with E-state index in [-0.39, 0.29) is 37.2 Å². The summed E-state index contributed by atoms with van der Waals surface area (Å²) >= 11 is 2.20. The Morgan fingerprint density at radius 3 is 0.887 bits per heavy atom. The van der Waals surface area contributed by atoms with Gasteiger partial charge in [0.2, 0.25) is 0 Å². The van der Waals surface area contributed by atoms with E-state index in [1.807, 2.05) is 39.0 Å². The van der Waals surface area contributed by atoms with E-state index in [1.54, 1.807) is 64.0 Å². The van der Waals surface area contributed by atoms with Gasteiger partial charge in [-0.15, -0.1) is 0 Å². The molecule has 1 atom stereocenters. The van der Waals surface area contributed by atoms with Crippen molar-refractivity contribution in [1.82, 2.24) is 0 Å². The molecule has 3 aromatic carbocycles. The van der Waals surface area contributed by atoms with Gasteiger partial charge in [-0.25, -0.2) is 0 Å². The van der Waals surface area contributed by atoms with E-state index in [0.29, 0.717) is 51.7 Å². The topological polar surface area (TPSA) is 83.1 Å². The number of hydrogen-bond donors (Lipinski definition) is 0. The van der Waals surface area contributed by atoms with E-state index in [2.05, 4.69) is 48.1 Å². The first-order chi connectivity index (χ1) is 23.7. The number of rotatable bonds is 13. The van der Waals surface area contributed by atoms with E-state index in [1.165, 1.54) is 11.1 Å². The van der Waals surface area contributed by atoms with Gasteiger partial charge in [0.15, 0.2) is 0 Å². The maximum Gasteiger partial charge on any atom is -1.00 e. The molecule has 0 bridgehead atoms. The zero-order valence-electron chi connectivity index (χ0n) is 33.5. The molecule has 53 heavy (non-hydrogen) atoms. The molecule has 0 spiro atoms. The molecule has 0 radical (unpaired) electrons. The Bertz CT molecular complexity index is 1700. The second-order valence-electron chi connectivity index (χ2n) is 12.6. The van der Waals surface area contributed by atoms with Gasteiger partial charge < -0.3 is 37.2 Å². The van der Waals surface area contributed by atoms with Crippen molar-refractivity contribution in [3.05, 3.63) is 55.5 Å². The molecule has 9 nitrogen and oxygen atoms in total. The van der Waals surface area contributed by atoms with Crippen LogP contribution in [0.25, 0.3) is 0 Å². The summed E-state index contributed by atoms with van der Waals surface area (Å²) in [6, 6.07) is 6.01. The van der Waals surface area contributed by atoms with Crippen molar-refractivity contribution in [3.63, 3.8) is 0 Å². The van der Waals surface area contributed by atoms with Crippen molar-refractivity contribution in [1.29, 1.82) is 0 Å². The molecule has 0 saturated heterocycles. The first-order valence-electron chi connectivity index (χ1n) is 16.2. The van der Waals surface area contributed by atoms with Crippen LogP contribution in [0, 0.1) is 20.8 Å². The van der Waals surface area contributed by atoms with Crippen LogP contribution in [-0.4, -0.2) is 72.1 Å². The third-order valence-electron chi connectivity index (χ3n) is 10.7. The van der Waals surface area contributed by atoms with Crippen molar-refractivity contribution in [2.75, 3.05) is 64.0 Å². The van der Waals surface area contributed by atoms with Crippen LogP contribution < -0.4 is 95.4 Å². The molecule has 0 amide bonds. The zero-order chi connectivity index (χ0) is 37.5. The van der Waals surface area contributed by atoms with Gasteiger partial charge in [-0.3, -0.25) is 0 Å². The van der Waals surface area contributed by atoms with Crippen LogP contribution >= 0.6 is 0 Å².